The normalized spacial score (nSPS) is 14.1. The fourth-order valence-corrected chi connectivity index (χ4v) is 3.60. The van der Waals surface area contributed by atoms with Crippen LogP contribution in [0.4, 0.5) is 4.39 Å². The van der Waals surface area contributed by atoms with Gasteiger partial charge in [0.05, 0.1) is 5.03 Å². The summed E-state index contributed by atoms with van der Waals surface area (Å²) in [4.78, 5) is 13.4. The molecule has 0 aliphatic carbocycles. The monoisotopic (exact) mass is 304 g/mol. The summed E-state index contributed by atoms with van der Waals surface area (Å²) in [5.74, 6) is 0.0551. The number of hydrogen-bond donors (Lipinski definition) is 0. The second-order valence-electron chi connectivity index (χ2n) is 4.42. The first kappa shape index (κ1) is 13.4. The van der Waals surface area contributed by atoms with Crippen LogP contribution in [0.5, 0.6) is 0 Å². The van der Waals surface area contributed by atoms with Gasteiger partial charge in [-0.3, -0.25) is 4.79 Å². The number of carbonyl (C=O) groups is 1. The zero-order chi connectivity index (χ0) is 14.1. The minimum atomic E-state index is -0.351. The van der Waals surface area contributed by atoms with Crippen molar-refractivity contribution in [3.8, 4) is 0 Å². The Balaban J connectivity index is 2.07. The number of ketones is 1. The highest BCUT2D eigenvalue weighted by Gasteiger charge is 2.24. The fourth-order valence-electron chi connectivity index (χ4n) is 2.10. The van der Waals surface area contributed by atoms with E-state index in [0.717, 1.165) is 4.90 Å². The van der Waals surface area contributed by atoms with Crippen LogP contribution in [0.25, 0.3) is 5.03 Å². The molecule has 0 radical (unpaired) electrons. The highest BCUT2D eigenvalue weighted by molar-refractivity contribution is 7.99. The molecule has 0 N–H and O–H groups in total. The van der Waals surface area contributed by atoms with Gasteiger partial charge in [-0.15, -0.1) is 11.8 Å². The SMILES string of the molecule is O=C(C1=C(Cl)c2cc(F)ccc2SC1)c1ccccc1. The molecule has 1 nitrogen and oxygen atoms in total. The third kappa shape index (κ3) is 2.39. The summed E-state index contributed by atoms with van der Waals surface area (Å²) in [6.07, 6.45) is 0. The van der Waals surface area contributed by atoms with Gasteiger partial charge >= 0.3 is 0 Å². The van der Waals surface area contributed by atoms with Crippen molar-refractivity contribution in [1.29, 1.82) is 0 Å². The van der Waals surface area contributed by atoms with Crippen molar-refractivity contribution < 1.29 is 9.18 Å². The van der Waals surface area contributed by atoms with E-state index in [4.69, 9.17) is 11.6 Å². The van der Waals surface area contributed by atoms with E-state index in [1.807, 2.05) is 18.2 Å². The first-order chi connectivity index (χ1) is 9.66. The Hall–Kier alpha value is -1.58. The molecule has 3 rings (SSSR count). The Labute approximate surface area is 125 Å². The van der Waals surface area contributed by atoms with E-state index in [1.165, 1.54) is 23.9 Å². The van der Waals surface area contributed by atoms with E-state index >= 15 is 0 Å². The van der Waals surface area contributed by atoms with Gasteiger partial charge in [-0.1, -0.05) is 41.9 Å². The molecule has 0 fully saturated rings. The fraction of sp³-hybridized carbons (Fsp3) is 0.0625. The molecular weight excluding hydrogens is 295 g/mol. The lowest BCUT2D eigenvalue weighted by atomic mass is 10.0. The molecule has 0 bridgehead atoms. The molecular formula is C16H10ClFOS. The third-order valence-corrected chi connectivity index (χ3v) is 4.66. The predicted octanol–water partition coefficient (Wildman–Crippen LogP) is 4.76. The molecule has 0 saturated heterocycles. The van der Waals surface area contributed by atoms with E-state index in [1.54, 1.807) is 18.2 Å². The van der Waals surface area contributed by atoms with Gasteiger partial charge in [-0.2, -0.15) is 0 Å². The molecule has 0 atom stereocenters. The topological polar surface area (TPSA) is 17.1 Å². The van der Waals surface area contributed by atoms with Gasteiger partial charge in [0.1, 0.15) is 5.82 Å². The van der Waals surface area contributed by atoms with Gasteiger partial charge in [0.25, 0.3) is 0 Å². The minimum absolute atomic E-state index is 0.0991. The average molecular weight is 305 g/mol. The maximum absolute atomic E-state index is 13.3. The van der Waals surface area contributed by atoms with E-state index < -0.39 is 0 Å². The van der Waals surface area contributed by atoms with Crippen molar-refractivity contribution >= 4 is 34.2 Å². The maximum Gasteiger partial charge on any atom is 0.191 e. The van der Waals surface area contributed by atoms with Crippen molar-refractivity contribution in [3.05, 3.63) is 71.0 Å². The van der Waals surface area contributed by atoms with Crippen LogP contribution in [-0.4, -0.2) is 11.5 Å². The predicted molar refractivity (Wildman–Crippen MR) is 80.7 cm³/mol. The van der Waals surface area contributed by atoms with Crippen LogP contribution in [0.1, 0.15) is 15.9 Å². The van der Waals surface area contributed by atoms with Crippen molar-refractivity contribution in [2.45, 2.75) is 4.90 Å². The summed E-state index contributed by atoms with van der Waals surface area (Å²) in [6.45, 7) is 0. The standard InChI is InChI=1S/C16H10ClFOS/c17-15-12-8-11(18)6-7-14(12)20-9-13(15)16(19)10-4-2-1-3-5-10/h1-8H,9H2. The molecule has 2 aromatic rings. The number of Topliss-reactive ketones (excluding diaryl/α,β-unsaturated/α-hetero) is 1. The minimum Gasteiger partial charge on any atom is -0.289 e. The first-order valence-electron chi connectivity index (χ1n) is 6.08. The lowest BCUT2D eigenvalue weighted by molar-refractivity contribution is 0.103. The van der Waals surface area contributed by atoms with Gasteiger partial charge in [0.15, 0.2) is 5.78 Å². The van der Waals surface area contributed by atoms with Crippen molar-refractivity contribution in [3.63, 3.8) is 0 Å². The third-order valence-electron chi connectivity index (χ3n) is 3.13. The maximum atomic E-state index is 13.3. The van der Waals surface area contributed by atoms with E-state index in [0.29, 0.717) is 27.5 Å². The zero-order valence-electron chi connectivity index (χ0n) is 10.4. The van der Waals surface area contributed by atoms with Crippen molar-refractivity contribution in [2.24, 2.45) is 0 Å². The Morgan fingerprint density at radius 1 is 1.15 bits per heavy atom. The Morgan fingerprint density at radius 2 is 1.90 bits per heavy atom. The van der Waals surface area contributed by atoms with Crippen LogP contribution in [0.15, 0.2) is 59.0 Å². The van der Waals surface area contributed by atoms with Crippen LogP contribution in [0, 0.1) is 5.82 Å². The number of rotatable bonds is 2. The van der Waals surface area contributed by atoms with Gasteiger partial charge in [0.2, 0.25) is 0 Å². The Bertz CT molecular complexity index is 710. The van der Waals surface area contributed by atoms with Crippen LogP contribution in [0.2, 0.25) is 0 Å². The Kier molecular flexibility index (Phi) is 3.64. The van der Waals surface area contributed by atoms with Crippen LogP contribution < -0.4 is 0 Å². The lowest BCUT2D eigenvalue weighted by Crippen LogP contribution is -2.10. The molecule has 0 unspecified atom stereocenters. The van der Waals surface area contributed by atoms with Gasteiger partial charge in [-0.05, 0) is 18.2 Å². The largest absolute Gasteiger partial charge is 0.289 e. The van der Waals surface area contributed by atoms with Crippen LogP contribution >= 0.6 is 23.4 Å². The van der Waals surface area contributed by atoms with Crippen LogP contribution in [-0.2, 0) is 0 Å². The molecule has 4 heteroatoms. The van der Waals surface area contributed by atoms with E-state index in [-0.39, 0.29) is 11.6 Å². The summed E-state index contributed by atoms with van der Waals surface area (Å²) < 4.78 is 13.3. The molecule has 0 spiro atoms. The number of hydrogen-bond acceptors (Lipinski definition) is 2. The second kappa shape index (κ2) is 5.43. The van der Waals surface area contributed by atoms with Crippen molar-refractivity contribution in [1.82, 2.24) is 0 Å². The molecule has 0 amide bonds. The summed E-state index contributed by atoms with van der Waals surface area (Å²) >= 11 is 7.81. The summed E-state index contributed by atoms with van der Waals surface area (Å²) in [7, 11) is 0. The summed E-state index contributed by atoms with van der Waals surface area (Å²) in [5, 5.41) is 0.354. The molecule has 0 aromatic heterocycles. The number of thioether (sulfide) groups is 1. The molecule has 1 aliphatic heterocycles. The highest BCUT2D eigenvalue weighted by atomic mass is 35.5. The van der Waals surface area contributed by atoms with Crippen molar-refractivity contribution in [2.75, 3.05) is 5.75 Å². The number of halogens is 2. The van der Waals surface area contributed by atoms with Gasteiger partial charge in [-0.25, -0.2) is 4.39 Å². The smallest absolute Gasteiger partial charge is 0.191 e. The van der Waals surface area contributed by atoms with E-state index in [9.17, 15) is 9.18 Å². The molecule has 2 aromatic carbocycles. The zero-order valence-corrected chi connectivity index (χ0v) is 12.0. The first-order valence-corrected chi connectivity index (χ1v) is 7.44. The number of fused-ring (bicyclic) bond motifs is 1. The summed E-state index contributed by atoms with van der Waals surface area (Å²) in [6, 6.07) is 13.5. The summed E-state index contributed by atoms with van der Waals surface area (Å²) in [5.41, 5.74) is 1.73. The average Bonchev–Trinajstić information content (AvgIpc) is 2.48. The quantitative estimate of drug-likeness (QED) is 0.744. The number of benzene rings is 2. The van der Waals surface area contributed by atoms with Crippen LogP contribution in [0.3, 0.4) is 0 Å². The second-order valence-corrected chi connectivity index (χ2v) is 5.81. The lowest BCUT2D eigenvalue weighted by Gasteiger charge is -2.18. The van der Waals surface area contributed by atoms with Gasteiger partial charge in [0, 0.05) is 27.3 Å². The van der Waals surface area contributed by atoms with E-state index in [2.05, 4.69) is 0 Å². The molecule has 100 valence electrons. The highest BCUT2D eigenvalue weighted by Crippen LogP contribution is 2.40. The molecule has 1 heterocycles. The Morgan fingerprint density at radius 3 is 2.65 bits per heavy atom. The molecule has 20 heavy (non-hydrogen) atoms. The molecule has 1 aliphatic rings. The number of carbonyl (C=O) groups excluding carboxylic acids is 1. The molecule has 0 saturated carbocycles. The van der Waals surface area contributed by atoms with Gasteiger partial charge < -0.3 is 0 Å².